The fourth-order valence-corrected chi connectivity index (χ4v) is 3.26. The fourth-order valence-electron chi connectivity index (χ4n) is 3.26. The molecule has 0 unspecified atom stereocenters. The predicted octanol–water partition coefficient (Wildman–Crippen LogP) is 5.33. The van der Waals surface area contributed by atoms with E-state index in [9.17, 15) is 4.79 Å². The Bertz CT molecular complexity index is 817. The second kappa shape index (κ2) is 9.00. The molecule has 0 fully saturated rings. The molecule has 2 N–H and O–H groups in total. The molecule has 1 heterocycles. The average Bonchev–Trinajstić information content (AvgIpc) is 2.69. The molecule has 5 heteroatoms. The molecule has 0 saturated carbocycles. The van der Waals surface area contributed by atoms with Gasteiger partial charge in [0, 0.05) is 24.6 Å². The molecule has 1 aromatic carbocycles. The molecule has 0 spiro atoms. The summed E-state index contributed by atoms with van der Waals surface area (Å²) < 4.78 is 0. The van der Waals surface area contributed by atoms with E-state index in [4.69, 9.17) is 0 Å². The Morgan fingerprint density at radius 3 is 2.39 bits per heavy atom. The van der Waals surface area contributed by atoms with Crippen molar-refractivity contribution in [3.05, 3.63) is 59.4 Å². The highest BCUT2D eigenvalue weighted by molar-refractivity contribution is 6.03. The highest BCUT2D eigenvalue weighted by atomic mass is 16.1. The summed E-state index contributed by atoms with van der Waals surface area (Å²) >= 11 is 0. The minimum Gasteiger partial charge on any atom is -0.354 e. The number of rotatable bonds is 6. The molecular formula is C23H30N4O. The zero-order valence-electron chi connectivity index (χ0n) is 17.1. The van der Waals surface area contributed by atoms with Gasteiger partial charge in [0.15, 0.2) is 0 Å². The first-order valence-corrected chi connectivity index (χ1v) is 10.1. The second-order valence-electron chi connectivity index (χ2n) is 8.36. The highest BCUT2D eigenvalue weighted by Crippen LogP contribution is 2.23. The summed E-state index contributed by atoms with van der Waals surface area (Å²) in [5.41, 5.74) is 4.05. The van der Waals surface area contributed by atoms with Crippen LogP contribution in [0.2, 0.25) is 0 Å². The second-order valence-corrected chi connectivity index (χ2v) is 8.36. The van der Waals surface area contributed by atoms with Crippen LogP contribution in [0.5, 0.6) is 0 Å². The number of nitrogens with zero attached hydrogens (tertiary/aromatic N) is 2. The lowest BCUT2D eigenvalue weighted by molar-refractivity contribution is 0.102. The molecule has 148 valence electrons. The zero-order chi connectivity index (χ0) is 20.0. The SMILES string of the molecule is CC(C)(C)c1ccc(NC(=O)c2cnc(NCCC3=CCCCC3)nc2)cc1. The van der Waals surface area contributed by atoms with Gasteiger partial charge in [-0.3, -0.25) is 4.79 Å². The van der Waals surface area contributed by atoms with E-state index in [2.05, 4.69) is 47.4 Å². The van der Waals surface area contributed by atoms with E-state index < -0.39 is 0 Å². The number of allylic oxidation sites excluding steroid dienone is 1. The molecule has 1 amide bonds. The Morgan fingerprint density at radius 1 is 1.07 bits per heavy atom. The van der Waals surface area contributed by atoms with E-state index in [-0.39, 0.29) is 11.3 Å². The van der Waals surface area contributed by atoms with Gasteiger partial charge in [-0.25, -0.2) is 9.97 Å². The van der Waals surface area contributed by atoms with E-state index in [1.807, 2.05) is 24.3 Å². The van der Waals surface area contributed by atoms with Crippen LogP contribution < -0.4 is 10.6 Å². The van der Waals surface area contributed by atoms with Crippen molar-refractivity contribution in [3.63, 3.8) is 0 Å². The van der Waals surface area contributed by atoms with E-state index in [0.717, 1.165) is 18.7 Å². The maximum Gasteiger partial charge on any atom is 0.258 e. The van der Waals surface area contributed by atoms with E-state index in [0.29, 0.717) is 11.5 Å². The number of benzene rings is 1. The van der Waals surface area contributed by atoms with Gasteiger partial charge < -0.3 is 10.6 Å². The Labute approximate surface area is 167 Å². The number of hydrogen-bond donors (Lipinski definition) is 2. The van der Waals surface area contributed by atoms with Crippen molar-refractivity contribution >= 4 is 17.5 Å². The topological polar surface area (TPSA) is 66.9 Å². The van der Waals surface area contributed by atoms with Crippen molar-refractivity contribution in [3.8, 4) is 0 Å². The van der Waals surface area contributed by atoms with Crippen LogP contribution in [0.1, 0.15) is 68.8 Å². The molecule has 3 rings (SSSR count). The van der Waals surface area contributed by atoms with E-state index in [1.54, 1.807) is 12.4 Å². The lowest BCUT2D eigenvalue weighted by atomic mass is 9.87. The van der Waals surface area contributed by atoms with Crippen LogP contribution in [0.3, 0.4) is 0 Å². The summed E-state index contributed by atoms with van der Waals surface area (Å²) in [6.45, 7) is 7.32. The third-order valence-corrected chi connectivity index (χ3v) is 5.04. The van der Waals surface area contributed by atoms with E-state index in [1.165, 1.54) is 36.8 Å². The van der Waals surface area contributed by atoms with Gasteiger partial charge in [-0.15, -0.1) is 0 Å². The van der Waals surface area contributed by atoms with Crippen molar-refractivity contribution in [2.24, 2.45) is 0 Å². The average molecular weight is 379 g/mol. The molecule has 1 aromatic heterocycles. The normalized spacial score (nSPS) is 14.3. The molecule has 0 saturated heterocycles. The quantitative estimate of drug-likeness (QED) is 0.667. The Balaban J connectivity index is 1.51. The van der Waals surface area contributed by atoms with Gasteiger partial charge in [0.1, 0.15) is 0 Å². The van der Waals surface area contributed by atoms with Crippen LogP contribution in [0.15, 0.2) is 48.3 Å². The Hall–Kier alpha value is -2.69. The van der Waals surface area contributed by atoms with E-state index >= 15 is 0 Å². The number of carbonyl (C=O) groups is 1. The molecule has 0 aliphatic heterocycles. The molecule has 28 heavy (non-hydrogen) atoms. The highest BCUT2D eigenvalue weighted by Gasteiger charge is 2.14. The number of anilines is 2. The summed E-state index contributed by atoms with van der Waals surface area (Å²) in [6.07, 6.45) is 11.5. The first kappa shape index (κ1) is 20.1. The van der Waals surface area contributed by atoms with Crippen molar-refractivity contribution < 1.29 is 4.79 Å². The third-order valence-electron chi connectivity index (χ3n) is 5.04. The van der Waals surface area contributed by atoms with Gasteiger partial charge in [-0.1, -0.05) is 44.6 Å². The number of amides is 1. The molecule has 0 radical (unpaired) electrons. The van der Waals surface area contributed by atoms with Crippen LogP contribution in [-0.4, -0.2) is 22.4 Å². The molecule has 5 nitrogen and oxygen atoms in total. The van der Waals surface area contributed by atoms with Crippen molar-refractivity contribution in [1.29, 1.82) is 0 Å². The van der Waals surface area contributed by atoms with Crippen LogP contribution >= 0.6 is 0 Å². The maximum atomic E-state index is 12.4. The Morgan fingerprint density at radius 2 is 1.79 bits per heavy atom. The first-order valence-electron chi connectivity index (χ1n) is 10.1. The molecule has 2 aromatic rings. The minimum absolute atomic E-state index is 0.0900. The summed E-state index contributed by atoms with van der Waals surface area (Å²) in [7, 11) is 0. The van der Waals surface area contributed by atoms with Gasteiger partial charge in [0.2, 0.25) is 5.95 Å². The van der Waals surface area contributed by atoms with Gasteiger partial charge in [0.25, 0.3) is 5.91 Å². The lowest BCUT2D eigenvalue weighted by Gasteiger charge is -2.19. The van der Waals surface area contributed by atoms with Crippen LogP contribution in [0.25, 0.3) is 0 Å². The lowest BCUT2D eigenvalue weighted by Crippen LogP contribution is -2.15. The molecule has 1 aliphatic rings. The smallest absolute Gasteiger partial charge is 0.258 e. The van der Waals surface area contributed by atoms with Crippen LogP contribution in [0, 0.1) is 0 Å². The third kappa shape index (κ3) is 5.65. The predicted molar refractivity (Wildman–Crippen MR) is 115 cm³/mol. The number of aromatic nitrogens is 2. The van der Waals surface area contributed by atoms with Gasteiger partial charge >= 0.3 is 0 Å². The summed E-state index contributed by atoms with van der Waals surface area (Å²) in [5.74, 6) is 0.352. The Kier molecular flexibility index (Phi) is 6.45. The monoisotopic (exact) mass is 378 g/mol. The van der Waals surface area contributed by atoms with Crippen LogP contribution in [0.4, 0.5) is 11.6 Å². The number of carbonyl (C=O) groups excluding carboxylic acids is 1. The van der Waals surface area contributed by atoms with Gasteiger partial charge in [-0.2, -0.15) is 0 Å². The summed E-state index contributed by atoms with van der Waals surface area (Å²) in [5, 5.41) is 6.13. The number of nitrogens with one attached hydrogen (secondary N) is 2. The van der Waals surface area contributed by atoms with Crippen molar-refractivity contribution in [1.82, 2.24) is 9.97 Å². The summed E-state index contributed by atoms with van der Waals surface area (Å²) in [6, 6.07) is 7.94. The van der Waals surface area contributed by atoms with Crippen molar-refractivity contribution in [2.75, 3.05) is 17.2 Å². The minimum atomic E-state index is -0.206. The van der Waals surface area contributed by atoms with Crippen LogP contribution in [-0.2, 0) is 5.41 Å². The van der Waals surface area contributed by atoms with Gasteiger partial charge in [0.05, 0.1) is 5.56 Å². The molecular weight excluding hydrogens is 348 g/mol. The first-order chi connectivity index (χ1) is 13.4. The molecule has 1 aliphatic carbocycles. The maximum absolute atomic E-state index is 12.4. The van der Waals surface area contributed by atoms with Crippen molar-refractivity contribution in [2.45, 2.75) is 58.3 Å². The zero-order valence-corrected chi connectivity index (χ0v) is 17.1. The molecule has 0 atom stereocenters. The summed E-state index contributed by atoms with van der Waals surface area (Å²) in [4.78, 5) is 20.9. The standard InChI is InChI=1S/C23H30N4O/c1-23(2,3)19-9-11-20(12-10-19)27-21(28)18-15-25-22(26-16-18)24-14-13-17-7-5-4-6-8-17/h7,9-12,15-16H,4-6,8,13-14H2,1-3H3,(H,27,28)(H,24,25,26). The number of hydrogen-bond acceptors (Lipinski definition) is 4. The fraction of sp³-hybridized carbons (Fsp3) is 0.435. The molecule has 0 bridgehead atoms. The largest absolute Gasteiger partial charge is 0.354 e. The van der Waals surface area contributed by atoms with Gasteiger partial charge in [-0.05, 0) is 55.2 Å².